The first kappa shape index (κ1) is 19.8. The van der Waals surface area contributed by atoms with Gasteiger partial charge in [0, 0.05) is 68.9 Å². The van der Waals surface area contributed by atoms with Crippen molar-refractivity contribution in [3.8, 4) is 0 Å². The molecule has 0 fully saturated rings. The Morgan fingerprint density at radius 1 is 0.688 bits per heavy atom. The van der Waals surface area contributed by atoms with Crippen LogP contribution in [0.2, 0.25) is 0 Å². The number of sulfonamides is 2. The first-order valence-corrected chi connectivity index (χ1v) is 5.58. The Balaban J connectivity index is 0. The molecule has 0 heterocycles. The zero-order valence-electron chi connectivity index (χ0n) is 7.22. The molecular formula is C2HCsF6NO4S2. The first-order valence-electron chi connectivity index (χ1n) is 2.62. The average Bonchev–Trinajstić information content (AvgIpc) is 1.77. The van der Waals surface area contributed by atoms with Crippen molar-refractivity contribution in [1.29, 1.82) is 0 Å². The number of alkyl halides is 6. The van der Waals surface area contributed by atoms with Gasteiger partial charge in [-0.25, -0.2) is 16.8 Å². The molecule has 0 aromatic heterocycles. The number of hydrogen-bond acceptors (Lipinski definition) is 4. The van der Waals surface area contributed by atoms with Gasteiger partial charge >= 0.3 is 31.1 Å². The van der Waals surface area contributed by atoms with E-state index in [0.29, 0.717) is 0 Å². The van der Waals surface area contributed by atoms with Gasteiger partial charge in [-0.15, -0.1) is 0 Å². The van der Waals surface area contributed by atoms with Crippen LogP contribution in [0.25, 0.3) is 0 Å². The number of nitrogens with one attached hydrogen (secondary N) is 1. The quantitative estimate of drug-likeness (QED) is 0.641. The van der Waals surface area contributed by atoms with Crippen LogP contribution >= 0.6 is 0 Å². The largest absolute Gasteiger partial charge is 0.512 e. The second-order valence-electron chi connectivity index (χ2n) is 1.98. The molecule has 1 N–H and O–H groups in total. The molecular weight excluding hydrogens is 413 g/mol. The Morgan fingerprint density at radius 3 is 1.00 bits per heavy atom. The van der Waals surface area contributed by atoms with E-state index in [9.17, 15) is 43.2 Å². The van der Waals surface area contributed by atoms with E-state index in [1.54, 1.807) is 0 Å². The summed E-state index contributed by atoms with van der Waals surface area (Å²) < 4.78 is 108. The molecule has 93 valence electrons. The number of halogens is 6. The van der Waals surface area contributed by atoms with E-state index < -0.39 is 35.2 Å². The van der Waals surface area contributed by atoms with Crippen LogP contribution in [0.5, 0.6) is 0 Å². The van der Waals surface area contributed by atoms with Crippen LogP contribution in [0.15, 0.2) is 0 Å². The van der Waals surface area contributed by atoms with Crippen LogP contribution < -0.4 is 4.13 Å². The van der Waals surface area contributed by atoms with Crippen molar-refractivity contribution in [2.24, 2.45) is 0 Å². The molecule has 0 aromatic rings. The summed E-state index contributed by atoms with van der Waals surface area (Å²) in [6.45, 7) is 0. The number of hydrogen-bond donors (Lipinski definition) is 1. The van der Waals surface area contributed by atoms with Gasteiger partial charge in [0.15, 0.2) is 0 Å². The van der Waals surface area contributed by atoms with E-state index in [1.807, 2.05) is 0 Å². The summed E-state index contributed by atoms with van der Waals surface area (Å²) in [5.74, 6) is 0. The van der Waals surface area contributed by atoms with Crippen molar-refractivity contribution in [2.45, 2.75) is 11.0 Å². The summed E-state index contributed by atoms with van der Waals surface area (Å²) in [4.78, 5) is 0. The van der Waals surface area contributed by atoms with Crippen molar-refractivity contribution in [3.63, 3.8) is 0 Å². The van der Waals surface area contributed by atoms with Crippen LogP contribution in [-0.4, -0.2) is 96.7 Å². The van der Waals surface area contributed by atoms with Crippen molar-refractivity contribution < 1.29 is 43.2 Å². The maximum atomic E-state index is 11.5. The van der Waals surface area contributed by atoms with Crippen LogP contribution in [0.3, 0.4) is 0 Å². The molecule has 14 heteroatoms. The van der Waals surface area contributed by atoms with Crippen LogP contribution in [0.4, 0.5) is 26.3 Å². The van der Waals surface area contributed by atoms with Gasteiger partial charge in [0.25, 0.3) is 0 Å². The summed E-state index contributed by atoms with van der Waals surface area (Å²) in [7, 11) is -13.2. The SMILES string of the molecule is O=S(=O)(NS(=O)(=O)C(F)(F)F)C(F)(F)F.[Cs]. The van der Waals surface area contributed by atoms with Gasteiger partial charge in [-0.05, 0) is 0 Å². The molecule has 0 rings (SSSR count). The molecule has 0 aromatic carbocycles. The second-order valence-corrected chi connectivity index (χ2v) is 5.59. The zero-order valence-corrected chi connectivity index (χ0v) is 15.1. The Labute approximate surface area is 144 Å². The minimum atomic E-state index is -6.60. The van der Waals surface area contributed by atoms with Crippen LogP contribution in [0.1, 0.15) is 0 Å². The third-order valence-electron chi connectivity index (χ3n) is 0.829. The summed E-state index contributed by atoms with van der Waals surface area (Å²) in [5, 5.41) is 0. The number of rotatable bonds is 2. The second kappa shape index (κ2) is 5.64. The summed E-state index contributed by atoms with van der Waals surface area (Å²) >= 11 is 0. The van der Waals surface area contributed by atoms with Crippen molar-refractivity contribution >= 4 is 88.9 Å². The summed E-state index contributed by atoms with van der Waals surface area (Å²) in [6.07, 6.45) is 0. The predicted octanol–water partition coefficient (Wildman–Crippen LogP) is -0.106. The fourth-order valence-electron chi connectivity index (χ4n) is 0.239. The smallest absolute Gasteiger partial charge is 0.202 e. The molecule has 5 nitrogen and oxygen atoms in total. The van der Waals surface area contributed by atoms with Gasteiger partial charge < -0.3 is 0 Å². The fraction of sp³-hybridized carbons (Fsp3) is 1.00. The molecule has 0 bridgehead atoms. The molecule has 16 heavy (non-hydrogen) atoms. The predicted molar refractivity (Wildman–Crippen MR) is 38.8 cm³/mol. The topological polar surface area (TPSA) is 80.3 Å². The maximum Gasteiger partial charge on any atom is 0.512 e. The van der Waals surface area contributed by atoms with Gasteiger partial charge in [0.2, 0.25) is 0 Å². The Hall–Kier alpha value is 1.49. The average molecular weight is 414 g/mol. The molecule has 0 aliphatic carbocycles. The minimum Gasteiger partial charge on any atom is -0.202 e. The zero-order chi connectivity index (χ0) is 12.7. The molecule has 0 saturated carbocycles. The standard InChI is InChI=1S/C2HF6NO4S2.Cs/c3-1(4,5)14(10,11)9-15(12,13)2(6,7)8;/h9H;. The monoisotopic (exact) mass is 414 g/mol. The molecule has 0 unspecified atom stereocenters. The molecule has 0 aliphatic rings. The van der Waals surface area contributed by atoms with Crippen LogP contribution in [-0.2, 0) is 20.0 Å². The Morgan fingerprint density at radius 2 is 0.875 bits per heavy atom. The molecule has 0 spiro atoms. The fourth-order valence-corrected chi connectivity index (χ4v) is 2.15. The van der Waals surface area contributed by atoms with E-state index in [1.165, 1.54) is 0 Å². The van der Waals surface area contributed by atoms with Gasteiger partial charge in [-0.2, -0.15) is 26.3 Å². The van der Waals surface area contributed by atoms with Crippen molar-refractivity contribution in [1.82, 2.24) is 4.13 Å². The van der Waals surface area contributed by atoms with E-state index in [-0.39, 0.29) is 68.9 Å². The molecule has 0 aliphatic heterocycles. The van der Waals surface area contributed by atoms with Gasteiger partial charge in [0.1, 0.15) is 0 Å². The van der Waals surface area contributed by atoms with E-state index in [4.69, 9.17) is 0 Å². The maximum absolute atomic E-state index is 11.5. The third kappa shape index (κ3) is 5.01. The summed E-state index contributed by atoms with van der Waals surface area (Å²) in [5.41, 5.74) is -12.3. The van der Waals surface area contributed by atoms with E-state index in [0.717, 1.165) is 0 Å². The van der Waals surface area contributed by atoms with Gasteiger partial charge in [-0.3, -0.25) is 0 Å². The molecule has 0 atom stereocenters. The Kier molecular flexibility index (Phi) is 6.99. The van der Waals surface area contributed by atoms with E-state index >= 15 is 0 Å². The first-order chi connectivity index (χ1) is 6.21. The molecule has 0 saturated heterocycles. The normalized spacial score (nSPS) is 14.4. The molecule has 0 amide bonds. The van der Waals surface area contributed by atoms with E-state index in [2.05, 4.69) is 0 Å². The van der Waals surface area contributed by atoms with Crippen molar-refractivity contribution in [3.05, 3.63) is 0 Å². The Bertz CT molecular complexity index is 390. The molecule has 1 radical (unpaired) electrons. The van der Waals surface area contributed by atoms with Crippen LogP contribution in [0, 0.1) is 0 Å². The van der Waals surface area contributed by atoms with Gasteiger partial charge in [0.05, 0.1) is 0 Å². The summed E-state index contributed by atoms with van der Waals surface area (Å²) in [6, 6.07) is 0. The minimum absolute atomic E-state index is 0. The van der Waals surface area contributed by atoms with Gasteiger partial charge in [-0.1, -0.05) is 4.13 Å². The third-order valence-corrected chi connectivity index (χ3v) is 3.80. The van der Waals surface area contributed by atoms with Crippen molar-refractivity contribution in [2.75, 3.05) is 0 Å².